The zero-order valence-electron chi connectivity index (χ0n) is 18.2. The second-order valence-electron chi connectivity index (χ2n) is 8.11. The number of halogens is 1. The molecule has 0 bridgehead atoms. The summed E-state index contributed by atoms with van der Waals surface area (Å²) >= 11 is 5.90. The van der Waals surface area contributed by atoms with Gasteiger partial charge in [-0.3, -0.25) is 4.90 Å². The molecule has 1 aliphatic heterocycles. The molecule has 1 saturated heterocycles. The van der Waals surface area contributed by atoms with Crippen molar-refractivity contribution in [3.63, 3.8) is 0 Å². The maximum absolute atomic E-state index is 12.4. The number of hydrogen-bond acceptors (Lipinski definition) is 3. The molecule has 5 nitrogen and oxygen atoms in total. The minimum atomic E-state index is -0.179. The van der Waals surface area contributed by atoms with Crippen molar-refractivity contribution in [3.8, 4) is 16.9 Å². The SMILES string of the molecule is COc1cccc(-c2ccc(CN3CCCC(NC(=O)Nc4ccc(Cl)cc4)C3)cc2)c1. The van der Waals surface area contributed by atoms with Crippen LogP contribution < -0.4 is 15.4 Å². The number of rotatable bonds is 6. The molecular formula is C26H28ClN3O2. The first kappa shape index (κ1) is 22.2. The molecule has 6 heteroatoms. The van der Waals surface area contributed by atoms with Crippen molar-refractivity contribution in [1.82, 2.24) is 10.2 Å². The molecule has 1 heterocycles. The number of amides is 2. The molecule has 1 atom stereocenters. The highest BCUT2D eigenvalue weighted by Gasteiger charge is 2.21. The topological polar surface area (TPSA) is 53.6 Å². The first-order valence-corrected chi connectivity index (χ1v) is 11.3. The van der Waals surface area contributed by atoms with Gasteiger partial charge in [-0.2, -0.15) is 0 Å². The molecule has 2 amide bonds. The predicted molar refractivity (Wildman–Crippen MR) is 130 cm³/mol. The van der Waals surface area contributed by atoms with Crippen LogP contribution in [0.4, 0.5) is 10.5 Å². The third-order valence-corrected chi connectivity index (χ3v) is 5.96. The Morgan fingerprint density at radius 1 is 1.06 bits per heavy atom. The largest absolute Gasteiger partial charge is 0.497 e. The zero-order chi connectivity index (χ0) is 22.3. The first-order valence-electron chi connectivity index (χ1n) is 10.9. The highest BCUT2D eigenvalue weighted by atomic mass is 35.5. The van der Waals surface area contributed by atoms with Crippen molar-refractivity contribution in [2.75, 3.05) is 25.5 Å². The smallest absolute Gasteiger partial charge is 0.319 e. The quantitative estimate of drug-likeness (QED) is 0.500. The highest BCUT2D eigenvalue weighted by Crippen LogP contribution is 2.24. The van der Waals surface area contributed by atoms with E-state index in [2.05, 4.69) is 45.9 Å². The lowest BCUT2D eigenvalue weighted by molar-refractivity contribution is 0.183. The van der Waals surface area contributed by atoms with Gasteiger partial charge in [0.25, 0.3) is 0 Å². The monoisotopic (exact) mass is 449 g/mol. The average molecular weight is 450 g/mol. The molecule has 32 heavy (non-hydrogen) atoms. The van der Waals surface area contributed by atoms with E-state index in [9.17, 15) is 4.79 Å². The number of methoxy groups -OCH3 is 1. The van der Waals surface area contributed by atoms with E-state index in [0.717, 1.165) is 49.5 Å². The lowest BCUT2D eigenvalue weighted by atomic mass is 10.0. The molecule has 3 aromatic carbocycles. The van der Waals surface area contributed by atoms with Crippen LogP contribution in [0.3, 0.4) is 0 Å². The molecule has 1 unspecified atom stereocenters. The molecule has 1 aliphatic rings. The molecule has 4 rings (SSSR count). The molecule has 0 saturated carbocycles. The van der Waals surface area contributed by atoms with Crippen molar-refractivity contribution in [1.29, 1.82) is 0 Å². The Morgan fingerprint density at radius 2 is 1.84 bits per heavy atom. The molecule has 2 N–H and O–H groups in total. The van der Waals surface area contributed by atoms with E-state index in [1.165, 1.54) is 11.1 Å². The van der Waals surface area contributed by atoms with E-state index >= 15 is 0 Å². The summed E-state index contributed by atoms with van der Waals surface area (Å²) in [5.74, 6) is 0.860. The molecule has 0 aromatic heterocycles. The van der Waals surface area contributed by atoms with Crippen LogP contribution in [0, 0.1) is 0 Å². The van der Waals surface area contributed by atoms with E-state index in [0.29, 0.717) is 5.02 Å². The number of anilines is 1. The van der Waals surface area contributed by atoms with Crippen molar-refractivity contribution in [3.05, 3.63) is 83.4 Å². The summed E-state index contributed by atoms with van der Waals surface area (Å²) in [7, 11) is 1.68. The van der Waals surface area contributed by atoms with Crippen LogP contribution in [-0.4, -0.2) is 37.2 Å². The van der Waals surface area contributed by atoms with Crippen molar-refractivity contribution < 1.29 is 9.53 Å². The maximum Gasteiger partial charge on any atom is 0.319 e. The summed E-state index contributed by atoms with van der Waals surface area (Å²) in [6.07, 6.45) is 2.05. The summed E-state index contributed by atoms with van der Waals surface area (Å²) in [5.41, 5.74) is 4.31. The number of benzene rings is 3. The lowest BCUT2D eigenvalue weighted by Gasteiger charge is -2.33. The second kappa shape index (κ2) is 10.5. The molecular weight excluding hydrogens is 422 g/mol. The average Bonchev–Trinajstić information content (AvgIpc) is 2.81. The van der Waals surface area contributed by atoms with Crippen LogP contribution in [0.2, 0.25) is 5.02 Å². The van der Waals surface area contributed by atoms with Crippen LogP contribution in [0.15, 0.2) is 72.8 Å². The van der Waals surface area contributed by atoms with Gasteiger partial charge in [0.05, 0.1) is 7.11 Å². The summed E-state index contributed by atoms with van der Waals surface area (Å²) in [4.78, 5) is 14.8. The number of carbonyl (C=O) groups is 1. The van der Waals surface area contributed by atoms with Gasteiger partial charge in [-0.05, 0) is 72.5 Å². The van der Waals surface area contributed by atoms with Gasteiger partial charge in [0.1, 0.15) is 5.75 Å². The van der Waals surface area contributed by atoms with Crippen molar-refractivity contribution >= 4 is 23.3 Å². The number of piperidine rings is 1. The van der Waals surface area contributed by atoms with E-state index in [-0.39, 0.29) is 12.1 Å². The minimum Gasteiger partial charge on any atom is -0.497 e. The molecule has 0 radical (unpaired) electrons. The highest BCUT2D eigenvalue weighted by molar-refractivity contribution is 6.30. The Bertz CT molecular complexity index is 1040. The number of ether oxygens (including phenoxy) is 1. The van der Waals surface area contributed by atoms with Crippen molar-refractivity contribution in [2.45, 2.75) is 25.4 Å². The zero-order valence-corrected chi connectivity index (χ0v) is 18.9. The summed E-state index contributed by atoms with van der Waals surface area (Å²) in [6, 6.07) is 23.8. The van der Waals surface area contributed by atoms with Gasteiger partial charge >= 0.3 is 6.03 Å². The summed E-state index contributed by atoms with van der Waals surface area (Å²) < 4.78 is 5.33. The fourth-order valence-corrected chi connectivity index (χ4v) is 4.19. The minimum absolute atomic E-state index is 0.132. The fraction of sp³-hybridized carbons (Fsp3) is 0.269. The first-order chi connectivity index (χ1) is 15.6. The summed E-state index contributed by atoms with van der Waals surface area (Å²) in [5, 5.41) is 6.63. The van der Waals surface area contributed by atoms with E-state index in [4.69, 9.17) is 16.3 Å². The number of urea groups is 1. The Kier molecular flexibility index (Phi) is 7.30. The Hall–Kier alpha value is -3.02. The molecule has 166 valence electrons. The van der Waals surface area contributed by atoms with Gasteiger partial charge in [0.15, 0.2) is 0 Å². The number of carbonyl (C=O) groups excluding carboxylic acids is 1. The third kappa shape index (κ3) is 6.02. The third-order valence-electron chi connectivity index (χ3n) is 5.71. The van der Waals surface area contributed by atoms with Crippen LogP contribution in [0.25, 0.3) is 11.1 Å². The van der Waals surface area contributed by atoms with Crippen LogP contribution in [0.5, 0.6) is 5.75 Å². The Balaban J connectivity index is 1.30. The Labute approximate surface area is 194 Å². The van der Waals surface area contributed by atoms with Gasteiger partial charge in [0, 0.05) is 29.8 Å². The van der Waals surface area contributed by atoms with Crippen LogP contribution in [-0.2, 0) is 6.54 Å². The normalized spacial score (nSPS) is 16.4. The van der Waals surface area contributed by atoms with Gasteiger partial charge in [-0.1, -0.05) is 48.0 Å². The lowest BCUT2D eigenvalue weighted by Crippen LogP contribution is -2.48. The number of nitrogens with one attached hydrogen (secondary N) is 2. The predicted octanol–water partition coefficient (Wildman–Crippen LogP) is 5.80. The second-order valence-corrected chi connectivity index (χ2v) is 8.54. The number of hydrogen-bond donors (Lipinski definition) is 2. The van der Waals surface area contributed by atoms with Gasteiger partial charge in [0.2, 0.25) is 0 Å². The van der Waals surface area contributed by atoms with E-state index < -0.39 is 0 Å². The molecule has 3 aromatic rings. The summed E-state index contributed by atoms with van der Waals surface area (Å²) in [6.45, 7) is 2.75. The molecule has 0 aliphatic carbocycles. The number of nitrogens with zero attached hydrogens (tertiary/aromatic N) is 1. The van der Waals surface area contributed by atoms with E-state index in [1.54, 1.807) is 31.4 Å². The molecule has 0 spiro atoms. The maximum atomic E-state index is 12.4. The molecule has 1 fully saturated rings. The van der Waals surface area contributed by atoms with Crippen molar-refractivity contribution in [2.24, 2.45) is 0 Å². The van der Waals surface area contributed by atoms with Gasteiger partial charge in [-0.15, -0.1) is 0 Å². The fourth-order valence-electron chi connectivity index (χ4n) is 4.07. The van der Waals surface area contributed by atoms with Crippen LogP contribution in [0.1, 0.15) is 18.4 Å². The Morgan fingerprint density at radius 3 is 2.59 bits per heavy atom. The van der Waals surface area contributed by atoms with Gasteiger partial charge < -0.3 is 15.4 Å². The van der Waals surface area contributed by atoms with Crippen LogP contribution >= 0.6 is 11.6 Å². The number of likely N-dealkylation sites (tertiary alicyclic amines) is 1. The standard InChI is InChI=1S/C26H28ClN3O2/c1-32-25-6-2-4-21(16-25)20-9-7-19(8-10-20)17-30-15-3-5-24(18-30)29-26(31)28-23-13-11-22(27)12-14-23/h2,4,6-14,16,24H,3,5,15,17-18H2,1H3,(H2,28,29,31). The van der Waals surface area contributed by atoms with E-state index in [1.807, 2.05) is 18.2 Å². The van der Waals surface area contributed by atoms with Gasteiger partial charge in [-0.25, -0.2) is 4.79 Å².